The number of hydrogen-bond acceptors (Lipinski definition) is 6. The Morgan fingerprint density at radius 2 is 0.882 bits per heavy atom. The smallest absolute Gasteiger partial charge is 0.335 e. The molecule has 1 heterocycles. The lowest BCUT2D eigenvalue weighted by Gasteiger charge is -2.29. The first-order valence-corrected chi connectivity index (χ1v) is 33.0. The molecule has 0 amide bonds. The summed E-state index contributed by atoms with van der Waals surface area (Å²) in [7, 11) is 0. The maximum absolute atomic E-state index is 11.8. The van der Waals surface area contributed by atoms with Crippen molar-refractivity contribution in [2.24, 2.45) is 22.7 Å². The molecular weight excluding hydrogens is 1140 g/mol. The summed E-state index contributed by atoms with van der Waals surface area (Å²) < 4.78 is 19.6. The molecule has 0 aromatic heterocycles. The van der Waals surface area contributed by atoms with Gasteiger partial charge in [0.25, 0.3) is 0 Å². The number of fused-ring (bicyclic) bond motifs is 7. The van der Waals surface area contributed by atoms with Crippen LogP contribution < -0.4 is 19.1 Å². The highest BCUT2D eigenvalue weighted by Crippen LogP contribution is 2.53. The highest BCUT2D eigenvalue weighted by Gasteiger charge is 2.38. The van der Waals surface area contributed by atoms with Crippen LogP contribution in [0.5, 0.6) is 17.2 Å². The van der Waals surface area contributed by atoms with Gasteiger partial charge >= 0.3 is 5.97 Å². The average molecular weight is 1230 g/mol. The van der Waals surface area contributed by atoms with E-state index in [1.807, 2.05) is 6.08 Å². The molecule has 12 rings (SSSR count). The maximum atomic E-state index is 11.8. The Bertz CT molecular complexity index is 4470. The summed E-state index contributed by atoms with van der Waals surface area (Å²) in [4.78, 5) is 19.1. The summed E-state index contributed by atoms with van der Waals surface area (Å²) in [5, 5.41) is 9.65. The number of ether oxygens (including phenoxy) is 3. The lowest BCUT2D eigenvalue weighted by molar-refractivity contribution is 0.0696. The van der Waals surface area contributed by atoms with E-state index in [1.54, 1.807) is 18.2 Å². The van der Waals surface area contributed by atoms with Crippen molar-refractivity contribution in [1.82, 2.24) is 0 Å². The molecular formula is C86H86N2O5. The van der Waals surface area contributed by atoms with Crippen LogP contribution in [0.25, 0.3) is 64.8 Å². The molecule has 93 heavy (non-hydrogen) atoms. The third-order valence-corrected chi connectivity index (χ3v) is 18.6. The van der Waals surface area contributed by atoms with E-state index < -0.39 is 11.4 Å². The molecule has 0 bridgehead atoms. The number of carbonyl (C=O) groups is 1. The number of aromatic carboxylic acids is 1. The lowest BCUT2D eigenvalue weighted by Crippen LogP contribution is -2.24. The molecule has 9 aromatic carbocycles. The first-order valence-electron chi connectivity index (χ1n) is 33.0. The van der Waals surface area contributed by atoms with Gasteiger partial charge in [-0.05, 0) is 175 Å². The predicted molar refractivity (Wildman–Crippen MR) is 391 cm³/mol. The summed E-state index contributed by atoms with van der Waals surface area (Å²) >= 11 is 0. The molecule has 0 radical (unpaired) electrons. The molecule has 0 fully saturated rings. The Morgan fingerprint density at radius 3 is 1.44 bits per heavy atom. The third-order valence-electron chi connectivity index (χ3n) is 18.6. The number of anilines is 3. The molecule has 1 N–H and O–H groups in total. The molecule has 0 atom stereocenters. The number of nitrogens with zero attached hydrogens (tertiary/aromatic N) is 2. The van der Waals surface area contributed by atoms with E-state index in [0.717, 1.165) is 96.6 Å². The van der Waals surface area contributed by atoms with Gasteiger partial charge in [-0.3, -0.25) is 4.99 Å². The van der Waals surface area contributed by atoms with Crippen LogP contribution in [0.1, 0.15) is 167 Å². The molecule has 3 aliphatic rings. The van der Waals surface area contributed by atoms with Gasteiger partial charge in [-0.1, -0.05) is 235 Å². The summed E-state index contributed by atoms with van der Waals surface area (Å²) in [6.07, 6.45) is 17.9. The SMILES string of the molecule is CC(C)CCOc1cc(C=Cc2ccc(C=Cc3ccc(C=CC4=Nc5ccc(C(=O)O)cc5C4(C)C)cc3OCC(C)C)cc2OCC(C)C)ccc1C=Cc1ccc(N(c2ccc3c(c2)-c2ccccc2C3(C)C)c2ccc3c(c2)C(C)(C)c2ccccc2-3)cc1. The van der Waals surface area contributed by atoms with E-state index in [2.05, 4.69) is 294 Å². The summed E-state index contributed by atoms with van der Waals surface area (Å²) in [6.45, 7) is 28.4. The fraction of sp³-hybridized carbons (Fsp3) is 0.256. The minimum atomic E-state index is -0.945. The third kappa shape index (κ3) is 13.2. The standard InChI is InChI=1S/C86H86N2O5/c1-55(2)45-46-91-79-47-59(23-32-63-33-24-60(48-80(63)92-53-56(3)4)25-34-64-35-26-61(49-81(64)93-54-57(5)6)29-44-82-86(11,12)77-50-65(83(89)90)36-43-78(77)87-82)22-31-62(79)30-21-58-27-37-66(38-28-58)88(67-40-42-75-72(51-67)70-18-14-16-20-74(70)84(75,7)8)68-39-41-71-69-17-13-15-19-73(69)85(9,10)76(71)52-68/h13-44,47-52,55-57H,45-46,53-54H2,1-12H3,(H,89,90). The van der Waals surface area contributed by atoms with E-state index >= 15 is 0 Å². The fourth-order valence-electron chi connectivity index (χ4n) is 13.2. The number of rotatable bonds is 22. The van der Waals surface area contributed by atoms with Gasteiger partial charge in [0, 0.05) is 50.0 Å². The lowest BCUT2D eigenvalue weighted by atomic mass is 9.80. The number of aliphatic imine (C=N–C) groups is 1. The summed E-state index contributed by atoms with van der Waals surface area (Å²) in [6, 6.07) is 65.0. The average Bonchev–Trinajstić information content (AvgIpc) is 1.60. The number of hydrogen-bond donors (Lipinski definition) is 1. The molecule has 1 aliphatic heterocycles. The first-order chi connectivity index (χ1) is 44.6. The van der Waals surface area contributed by atoms with Crippen molar-refractivity contribution >= 4 is 77.0 Å². The predicted octanol–water partition coefficient (Wildman–Crippen LogP) is 22.6. The van der Waals surface area contributed by atoms with E-state index in [9.17, 15) is 9.90 Å². The van der Waals surface area contributed by atoms with Gasteiger partial charge in [-0.25, -0.2) is 4.79 Å². The minimum absolute atomic E-state index is 0.0864. The molecule has 2 aliphatic carbocycles. The van der Waals surface area contributed by atoms with Crippen LogP contribution in [0, 0.1) is 17.8 Å². The van der Waals surface area contributed by atoms with Gasteiger partial charge in [-0.2, -0.15) is 0 Å². The van der Waals surface area contributed by atoms with Gasteiger partial charge < -0.3 is 24.2 Å². The van der Waals surface area contributed by atoms with E-state index in [0.29, 0.717) is 37.6 Å². The zero-order valence-corrected chi connectivity index (χ0v) is 56.0. The quantitative estimate of drug-likeness (QED) is 0.0681. The van der Waals surface area contributed by atoms with Gasteiger partial charge in [0.15, 0.2) is 0 Å². The second kappa shape index (κ2) is 26.1. The van der Waals surface area contributed by atoms with Crippen LogP contribution >= 0.6 is 0 Å². The molecule has 0 spiro atoms. The van der Waals surface area contributed by atoms with Crippen molar-refractivity contribution in [1.29, 1.82) is 0 Å². The van der Waals surface area contributed by atoms with Gasteiger partial charge in [0.2, 0.25) is 0 Å². The fourth-order valence-corrected chi connectivity index (χ4v) is 13.2. The Labute approximate surface area is 551 Å². The van der Waals surface area contributed by atoms with Crippen molar-refractivity contribution in [2.45, 2.75) is 106 Å². The van der Waals surface area contributed by atoms with E-state index in [4.69, 9.17) is 19.2 Å². The van der Waals surface area contributed by atoms with Crippen LogP contribution in [0.4, 0.5) is 22.7 Å². The molecule has 7 heteroatoms. The van der Waals surface area contributed by atoms with Crippen molar-refractivity contribution in [3.8, 4) is 39.5 Å². The highest BCUT2D eigenvalue weighted by molar-refractivity contribution is 6.11. The largest absolute Gasteiger partial charge is 0.493 e. The molecule has 0 saturated heterocycles. The topological polar surface area (TPSA) is 80.6 Å². The second-order valence-electron chi connectivity index (χ2n) is 28.1. The van der Waals surface area contributed by atoms with Crippen molar-refractivity contribution in [3.05, 3.63) is 260 Å². The normalized spacial score (nSPS) is 14.7. The number of carboxylic acid groups (broad SMARTS) is 1. The van der Waals surface area contributed by atoms with Gasteiger partial charge in [0.05, 0.1) is 36.8 Å². The summed E-state index contributed by atoms with van der Waals surface area (Å²) in [5.41, 5.74) is 23.2. The van der Waals surface area contributed by atoms with Gasteiger partial charge in [0.1, 0.15) is 17.2 Å². The highest BCUT2D eigenvalue weighted by atomic mass is 16.5. The molecule has 7 nitrogen and oxygen atoms in total. The Balaban J connectivity index is 0.796. The Morgan fingerprint density at radius 1 is 0.419 bits per heavy atom. The zero-order chi connectivity index (χ0) is 65.3. The van der Waals surface area contributed by atoms with Crippen LogP contribution in [-0.2, 0) is 16.2 Å². The van der Waals surface area contributed by atoms with E-state index in [1.165, 1.54) is 44.5 Å². The second-order valence-corrected chi connectivity index (χ2v) is 28.1. The molecule has 0 unspecified atom stereocenters. The molecule has 0 saturated carbocycles. The number of allylic oxidation sites excluding steroid dienone is 1. The van der Waals surface area contributed by atoms with Crippen LogP contribution in [0.3, 0.4) is 0 Å². The van der Waals surface area contributed by atoms with Gasteiger partial charge in [-0.15, -0.1) is 0 Å². The Kier molecular flexibility index (Phi) is 17.8. The molecule has 470 valence electrons. The van der Waals surface area contributed by atoms with Crippen molar-refractivity contribution in [3.63, 3.8) is 0 Å². The van der Waals surface area contributed by atoms with Crippen LogP contribution in [-0.4, -0.2) is 36.6 Å². The summed E-state index contributed by atoms with van der Waals surface area (Å²) in [5.74, 6) is 2.67. The van der Waals surface area contributed by atoms with E-state index in [-0.39, 0.29) is 16.4 Å². The number of benzene rings is 9. The first kappa shape index (κ1) is 63.4. The van der Waals surface area contributed by atoms with Crippen molar-refractivity contribution < 1.29 is 24.1 Å². The Hall–Kier alpha value is -9.72. The van der Waals surface area contributed by atoms with Crippen LogP contribution in [0.15, 0.2) is 193 Å². The van der Waals surface area contributed by atoms with Crippen molar-refractivity contribution in [2.75, 3.05) is 24.7 Å². The maximum Gasteiger partial charge on any atom is 0.335 e. The zero-order valence-electron chi connectivity index (χ0n) is 56.0. The van der Waals surface area contributed by atoms with Crippen LogP contribution in [0.2, 0.25) is 0 Å². The number of carboxylic acids is 1. The molecule has 9 aromatic rings. The minimum Gasteiger partial charge on any atom is -0.493 e. The monoisotopic (exact) mass is 1230 g/mol.